The van der Waals surface area contributed by atoms with E-state index in [1.807, 2.05) is 19.1 Å². The quantitative estimate of drug-likeness (QED) is 0.125. The first-order valence-electron chi connectivity index (χ1n) is 14.4. The van der Waals surface area contributed by atoms with Crippen LogP contribution in [0.3, 0.4) is 0 Å². The summed E-state index contributed by atoms with van der Waals surface area (Å²) in [5, 5.41) is 9.39. The highest BCUT2D eigenvalue weighted by Crippen LogP contribution is 2.45. The number of aromatic nitrogens is 3. The van der Waals surface area contributed by atoms with Crippen molar-refractivity contribution in [2.24, 2.45) is 0 Å². The van der Waals surface area contributed by atoms with E-state index in [-0.39, 0.29) is 56.7 Å². The van der Waals surface area contributed by atoms with E-state index < -0.39 is 11.5 Å². The van der Waals surface area contributed by atoms with Gasteiger partial charge in [0.25, 0.3) is 5.56 Å². The second kappa shape index (κ2) is 14.4. The van der Waals surface area contributed by atoms with E-state index in [9.17, 15) is 14.4 Å². The van der Waals surface area contributed by atoms with Gasteiger partial charge < -0.3 is 25.4 Å². The van der Waals surface area contributed by atoms with Gasteiger partial charge in [0, 0.05) is 28.9 Å². The molecule has 0 saturated heterocycles. The third-order valence-corrected chi connectivity index (χ3v) is 8.12. The van der Waals surface area contributed by atoms with Gasteiger partial charge in [-0.15, -0.1) is 0 Å². The SMILES string of the molecule is C=CC(=O)Nc1cc(Cn2c(=O)c(-c3c(Cl)c(OC)cc(OC)c3Cl)cc3cnc(Nc4ccccc4NC(=O)C=C)nc32)ccc1C. The summed E-state index contributed by atoms with van der Waals surface area (Å²) < 4.78 is 12.4. The minimum atomic E-state index is -0.470. The van der Waals surface area contributed by atoms with E-state index in [1.165, 1.54) is 30.9 Å². The Bertz CT molecular complexity index is 2140. The molecule has 0 aliphatic carbocycles. The van der Waals surface area contributed by atoms with Gasteiger partial charge in [-0.1, -0.05) is 60.6 Å². The van der Waals surface area contributed by atoms with E-state index in [4.69, 9.17) is 37.7 Å². The van der Waals surface area contributed by atoms with Crippen LogP contribution in [0.4, 0.5) is 23.0 Å². The average molecular weight is 686 g/mol. The van der Waals surface area contributed by atoms with Crippen LogP contribution in [-0.4, -0.2) is 40.6 Å². The van der Waals surface area contributed by atoms with Crippen LogP contribution < -0.4 is 31.0 Å². The topological polar surface area (TPSA) is 136 Å². The highest BCUT2D eigenvalue weighted by molar-refractivity contribution is 6.41. The largest absolute Gasteiger partial charge is 0.495 e. The molecule has 5 aromatic rings. The van der Waals surface area contributed by atoms with Crippen molar-refractivity contribution in [1.82, 2.24) is 14.5 Å². The second-order valence-corrected chi connectivity index (χ2v) is 11.2. The number of pyridine rings is 1. The number of anilines is 4. The van der Waals surface area contributed by atoms with E-state index in [2.05, 4.69) is 34.1 Å². The van der Waals surface area contributed by atoms with Crippen molar-refractivity contribution in [2.45, 2.75) is 13.5 Å². The van der Waals surface area contributed by atoms with Gasteiger partial charge in [-0.3, -0.25) is 19.0 Å². The van der Waals surface area contributed by atoms with E-state index >= 15 is 0 Å². The van der Waals surface area contributed by atoms with Crippen LogP contribution in [0.5, 0.6) is 11.5 Å². The number of carbonyl (C=O) groups excluding carboxylic acids is 2. The molecule has 244 valence electrons. The number of halogens is 2. The molecular weight excluding hydrogens is 655 g/mol. The third kappa shape index (κ3) is 6.87. The molecule has 0 bridgehead atoms. The van der Waals surface area contributed by atoms with Crippen molar-refractivity contribution in [3.05, 3.63) is 118 Å². The maximum Gasteiger partial charge on any atom is 0.260 e. The molecular formula is C35H30Cl2N6O5. The summed E-state index contributed by atoms with van der Waals surface area (Å²) in [4.78, 5) is 47.8. The highest BCUT2D eigenvalue weighted by Gasteiger charge is 2.24. The number of hydrogen-bond donors (Lipinski definition) is 3. The fraction of sp³-hybridized carbons (Fsp3) is 0.114. The van der Waals surface area contributed by atoms with Gasteiger partial charge in [-0.05, 0) is 54.5 Å². The molecule has 2 heterocycles. The number of nitrogens with zero attached hydrogens (tertiary/aromatic N) is 3. The summed E-state index contributed by atoms with van der Waals surface area (Å²) >= 11 is 13.5. The van der Waals surface area contributed by atoms with Crippen LogP contribution in [-0.2, 0) is 16.1 Å². The van der Waals surface area contributed by atoms with Crippen molar-refractivity contribution < 1.29 is 19.1 Å². The van der Waals surface area contributed by atoms with Crippen molar-refractivity contribution in [3.63, 3.8) is 0 Å². The Labute approximate surface area is 285 Å². The molecule has 3 aromatic carbocycles. The van der Waals surface area contributed by atoms with Crippen LogP contribution in [0.1, 0.15) is 11.1 Å². The van der Waals surface area contributed by atoms with Crippen molar-refractivity contribution in [3.8, 4) is 22.6 Å². The summed E-state index contributed by atoms with van der Waals surface area (Å²) in [6.45, 7) is 8.91. The number of methoxy groups -OCH3 is 2. The molecule has 2 amide bonds. The van der Waals surface area contributed by atoms with Gasteiger partial charge in [0.05, 0.1) is 47.7 Å². The van der Waals surface area contributed by atoms with E-state index in [1.54, 1.807) is 42.6 Å². The summed E-state index contributed by atoms with van der Waals surface area (Å²) in [5.74, 6) is -0.0793. The Morgan fingerprint density at radius 3 is 2.15 bits per heavy atom. The van der Waals surface area contributed by atoms with Gasteiger partial charge in [0.1, 0.15) is 17.1 Å². The van der Waals surface area contributed by atoms with Crippen LogP contribution in [0, 0.1) is 6.92 Å². The zero-order valence-corrected chi connectivity index (χ0v) is 27.7. The summed E-state index contributed by atoms with van der Waals surface area (Å²) in [6, 6.07) is 15.6. The molecule has 48 heavy (non-hydrogen) atoms. The van der Waals surface area contributed by atoms with Crippen LogP contribution in [0.2, 0.25) is 10.0 Å². The fourth-order valence-electron chi connectivity index (χ4n) is 4.94. The minimum absolute atomic E-state index is 0.0409. The number of benzene rings is 3. The lowest BCUT2D eigenvalue weighted by Crippen LogP contribution is -2.24. The number of aryl methyl sites for hydroxylation is 1. The zero-order chi connectivity index (χ0) is 34.5. The molecule has 0 aliphatic rings. The molecule has 0 radical (unpaired) electrons. The molecule has 0 fully saturated rings. The second-order valence-electron chi connectivity index (χ2n) is 10.4. The normalized spacial score (nSPS) is 10.7. The number of amides is 2. The maximum absolute atomic E-state index is 14.5. The Hall–Kier alpha value is -5.65. The monoisotopic (exact) mass is 684 g/mol. The molecule has 13 heteroatoms. The first kappa shape index (κ1) is 33.7. The smallest absolute Gasteiger partial charge is 0.260 e. The number of rotatable bonds is 11. The molecule has 2 aromatic heterocycles. The molecule has 3 N–H and O–H groups in total. The summed E-state index contributed by atoms with van der Waals surface area (Å²) in [7, 11) is 2.89. The lowest BCUT2D eigenvalue weighted by molar-refractivity contribution is -0.112. The van der Waals surface area contributed by atoms with Gasteiger partial charge >= 0.3 is 0 Å². The van der Waals surface area contributed by atoms with Gasteiger partial charge in [-0.25, -0.2) is 4.98 Å². The highest BCUT2D eigenvalue weighted by atomic mass is 35.5. The number of nitrogens with one attached hydrogen (secondary N) is 3. The lowest BCUT2D eigenvalue weighted by Gasteiger charge is -2.18. The minimum Gasteiger partial charge on any atom is -0.495 e. The number of fused-ring (bicyclic) bond motifs is 1. The van der Waals surface area contributed by atoms with Crippen molar-refractivity contribution in [1.29, 1.82) is 0 Å². The Morgan fingerprint density at radius 1 is 0.896 bits per heavy atom. The maximum atomic E-state index is 14.5. The lowest BCUT2D eigenvalue weighted by atomic mass is 10.0. The van der Waals surface area contributed by atoms with Gasteiger partial charge in [0.15, 0.2) is 0 Å². The molecule has 0 spiro atoms. The number of ether oxygens (including phenoxy) is 2. The molecule has 0 aliphatic heterocycles. The van der Waals surface area contributed by atoms with E-state index in [0.29, 0.717) is 28.0 Å². The molecule has 0 saturated carbocycles. The fourth-order valence-corrected chi connectivity index (χ4v) is 5.65. The predicted octanol–water partition coefficient (Wildman–Crippen LogP) is 7.13. The first-order chi connectivity index (χ1) is 23.1. The van der Waals surface area contributed by atoms with Crippen LogP contribution in [0.25, 0.3) is 22.2 Å². The number of hydrogen-bond acceptors (Lipinski definition) is 8. The average Bonchev–Trinajstić information content (AvgIpc) is 3.08. The predicted molar refractivity (Wildman–Crippen MR) is 190 cm³/mol. The summed E-state index contributed by atoms with van der Waals surface area (Å²) in [5.41, 5.74) is 3.24. The van der Waals surface area contributed by atoms with Crippen molar-refractivity contribution >= 4 is 69.1 Å². The van der Waals surface area contributed by atoms with Gasteiger partial charge in [-0.2, -0.15) is 4.98 Å². The van der Waals surface area contributed by atoms with Crippen LogP contribution >= 0.6 is 23.2 Å². The third-order valence-electron chi connectivity index (χ3n) is 7.37. The number of para-hydroxylation sites is 2. The number of carbonyl (C=O) groups is 2. The first-order valence-corrected chi connectivity index (χ1v) is 15.2. The molecule has 5 rings (SSSR count). The van der Waals surface area contributed by atoms with Crippen LogP contribution in [0.15, 0.2) is 90.9 Å². The standard InChI is InChI=1S/C35H30Cl2N6O5/c1-6-28(44)39-23-10-8-9-11-24(23)41-35-38-17-21-15-22(30-31(36)26(47-4)16-27(48-5)32(30)37)34(46)43(33(21)42-35)18-20-13-12-19(3)25(14-20)40-29(45)7-2/h6-17H,1-2,18H2,3-5H3,(H,39,44)(H,40,45)(H,38,41,42). The van der Waals surface area contributed by atoms with Crippen molar-refractivity contribution in [2.75, 3.05) is 30.2 Å². The molecule has 11 nitrogen and oxygen atoms in total. The Morgan fingerprint density at radius 2 is 1.52 bits per heavy atom. The summed E-state index contributed by atoms with van der Waals surface area (Å²) in [6.07, 6.45) is 3.89. The Balaban J connectivity index is 1.72. The Kier molecular flexibility index (Phi) is 10.1. The molecule has 0 atom stereocenters. The molecule has 0 unspecified atom stereocenters. The van der Waals surface area contributed by atoms with Gasteiger partial charge in [0.2, 0.25) is 17.8 Å². The van der Waals surface area contributed by atoms with E-state index in [0.717, 1.165) is 11.6 Å². The zero-order valence-electron chi connectivity index (χ0n) is 26.2.